The predicted molar refractivity (Wildman–Crippen MR) is 101 cm³/mol. The first-order valence-corrected chi connectivity index (χ1v) is 9.26. The van der Waals surface area contributed by atoms with Crippen LogP contribution in [0.3, 0.4) is 0 Å². The third-order valence-electron chi connectivity index (χ3n) is 5.25. The van der Waals surface area contributed by atoms with Crippen molar-refractivity contribution < 1.29 is 0 Å². The lowest BCUT2D eigenvalue weighted by atomic mass is 9.95. The Labute approximate surface area is 148 Å². The highest BCUT2D eigenvalue weighted by molar-refractivity contribution is 5.86. The Hall–Kier alpha value is -2.43. The lowest BCUT2D eigenvalue weighted by Gasteiger charge is -2.37. The van der Waals surface area contributed by atoms with Crippen LogP contribution < -0.4 is 4.90 Å². The summed E-state index contributed by atoms with van der Waals surface area (Å²) in [5, 5.41) is 5.44. The third-order valence-corrected chi connectivity index (χ3v) is 5.25. The third kappa shape index (κ3) is 3.36. The Morgan fingerprint density at radius 1 is 1.12 bits per heavy atom. The summed E-state index contributed by atoms with van der Waals surface area (Å²) < 4.78 is 1.83. The minimum Gasteiger partial charge on any atom is -0.353 e. The maximum Gasteiger partial charge on any atom is 0.163 e. The molecule has 0 bridgehead atoms. The molecule has 0 saturated carbocycles. The van der Waals surface area contributed by atoms with Crippen LogP contribution in [0.1, 0.15) is 37.7 Å². The van der Waals surface area contributed by atoms with Gasteiger partial charge >= 0.3 is 0 Å². The van der Waals surface area contributed by atoms with Crippen LogP contribution in [0.25, 0.3) is 11.0 Å². The molecule has 1 aromatic carbocycles. The van der Waals surface area contributed by atoms with Crippen molar-refractivity contribution in [2.45, 2.75) is 44.6 Å². The second kappa shape index (κ2) is 7.21. The van der Waals surface area contributed by atoms with Crippen molar-refractivity contribution in [1.82, 2.24) is 19.7 Å². The molecule has 5 heteroatoms. The minimum absolute atomic E-state index is 0.566. The van der Waals surface area contributed by atoms with Gasteiger partial charge in [0.2, 0.25) is 0 Å². The smallest absolute Gasteiger partial charge is 0.163 e. The Bertz CT molecular complexity index is 826. The molecule has 0 N–H and O–H groups in total. The largest absolute Gasteiger partial charge is 0.353 e. The van der Waals surface area contributed by atoms with E-state index in [2.05, 4.69) is 50.3 Å². The Morgan fingerprint density at radius 3 is 2.88 bits per heavy atom. The highest BCUT2D eigenvalue weighted by Crippen LogP contribution is 2.30. The van der Waals surface area contributed by atoms with Crippen LogP contribution in [0, 0.1) is 0 Å². The zero-order valence-corrected chi connectivity index (χ0v) is 14.8. The number of benzene rings is 1. The van der Waals surface area contributed by atoms with Gasteiger partial charge in [0.1, 0.15) is 12.1 Å². The second-order valence-electron chi connectivity index (χ2n) is 6.92. The van der Waals surface area contributed by atoms with Gasteiger partial charge in [-0.15, -0.1) is 0 Å². The standard InChI is InChI=1S/C20H25N5/c1-24-19-18(14-23-24)20(22-15-21-19)25-13-6-5-11-17(25)12-7-10-16-8-3-2-4-9-16/h2-4,8-9,14-15,17H,5-7,10-13H2,1H3. The molecule has 3 aromatic rings. The van der Waals surface area contributed by atoms with Crippen LogP contribution in [0.4, 0.5) is 5.82 Å². The van der Waals surface area contributed by atoms with E-state index in [1.165, 1.54) is 37.7 Å². The number of piperidine rings is 1. The molecule has 130 valence electrons. The second-order valence-corrected chi connectivity index (χ2v) is 6.92. The first-order chi connectivity index (χ1) is 12.3. The number of hydrogen-bond acceptors (Lipinski definition) is 4. The molecule has 2 aromatic heterocycles. The van der Waals surface area contributed by atoms with E-state index < -0.39 is 0 Å². The van der Waals surface area contributed by atoms with E-state index in [9.17, 15) is 0 Å². The molecular formula is C20H25N5. The van der Waals surface area contributed by atoms with E-state index in [0.717, 1.165) is 29.8 Å². The molecular weight excluding hydrogens is 310 g/mol. The summed E-state index contributed by atoms with van der Waals surface area (Å²) in [4.78, 5) is 11.5. The lowest BCUT2D eigenvalue weighted by molar-refractivity contribution is 0.427. The van der Waals surface area contributed by atoms with E-state index >= 15 is 0 Å². The molecule has 1 aliphatic heterocycles. The van der Waals surface area contributed by atoms with Crippen molar-refractivity contribution in [3.63, 3.8) is 0 Å². The number of aromatic nitrogens is 4. The zero-order valence-electron chi connectivity index (χ0n) is 14.8. The van der Waals surface area contributed by atoms with Crippen LogP contribution in [0.2, 0.25) is 0 Å². The molecule has 25 heavy (non-hydrogen) atoms. The van der Waals surface area contributed by atoms with Crippen molar-refractivity contribution in [2.24, 2.45) is 7.05 Å². The molecule has 3 heterocycles. The average molecular weight is 335 g/mol. The fourth-order valence-corrected chi connectivity index (χ4v) is 3.94. The normalized spacial score (nSPS) is 18.0. The number of hydrogen-bond donors (Lipinski definition) is 0. The molecule has 1 aliphatic rings. The Kier molecular flexibility index (Phi) is 4.63. The number of anilines is 1. The molecule has 1 unspecified atom stereocenters. The summed E-state index contributed by atoms with van der Waals surface area (Å²) in [5.74, 6) is 1.06. The van der Waals surface area contributed by atoms with Crippen molar-refractivity contribution in [3.8, 4) is 0 Å². The fraction of sp³-hybridized carbons (Fsp3) is 0.450. The molecule has 4 rings (SSSR count). The van der Waals surface area contributed by atoms with Crippen LogP contribution in [-0.4, -0.2) is 32.3 Å². The summed E-state index contributed by atoms with van der Waals surface area (Å²) in [7, 11) is 1.94. The Balaban J connectivity index is 1.50. The van der Waals surface area contributed by atoms with E-state index in [1.807, 2.05) is 17.9 Å². The van der Waals surface area contributed by atoms with Crippen LogP contribution in [-0.2, 0) is 13.5 Å². The average Bonchev–Trinajstić information content (AvgIpc) is 3.04. The van der Waals surface area contributed by atoms with Gasteiger partial charge < -0.3 is 4.90 Å². The molecule has 0 spiro atoms. The number of fused-ring (bicyclic) bond motifs is 1. The van der Waals surface area contributed by atoms with E-state index in [-0.39, 0.29) is 0 Å². The van der Waals surface area contributed by atoms with E-state index in [4.69, 9.17) is 0 Å². The summed E-state index contributed by atoms with van der Waals surface area (Å²) >= 11 is 0. The van der Waals surface area contributed by atoms with Crippen LogP contribution >= 0.6 is 0 Å². The first kappa shape index (κ1) is 16.1. The number of rotatable bonds is 5. The molecule has 0 amide bonds. The quantitative estimate of drug-likeness (QED) is 0.712. The van der Waals surface area contributed by atoms with E-state index in [0.29, 0.717) is 6.04 Å². The van der Waals surface area contributed by atoms with Crippen molar-refractivity contribution in [1.29, 1.82) is 0 Å². The van der Waals surface area contributed by atoms with Crippen molar-refractivity contribution in [2.75, 3.05) is 11.4 Å². The van der Waals surface area contributed by atoms with Gasteiger partial charge in [0.05, 0.1) is 11.6 Å². The molecule has 1 atom stereocenters. The highest BCUT2D eigenvalue weighted by atomic mass is 15.3. The van der Waals surface area contributed by atoms with Gasteiger partial charge in [-0.2, -0.15) is 5.10 Å². The summed E-state index contributed by atoms with van der Waals surface area (Å²) in [6, 6.07) is 11.4. The molecule has 0 aliphatic carbocycles. The van der Waals surface area contributed by atoms with Crippen molar-refractivity contribution >= 4 is 16.9 Å². The van der Waals surface area contributed by atoms with Crippen LogP contribution in [0.15, 0.2) is 42.9 Å². The topological polar surface area (TPSA) is 46.8 Å². The van der Waals surface area contributed by atoms with Gasteiger partial charge in [0.15, 0.2) is 5.65 Å². The predicted octanol–water partition coefficient (Wildman–Crippen LogP) is 3.75. The Morgan fingerprint density at radius 2 is 2.00 bits per heavy atom. The fourth-order valence-electron chi connectivity index (χ4n) is 3.94. The summed E-state index contributed by atoms with van der Waals surface area (Å²) in [6.45, 7) is 1.08. The summed E-state index contributed by atoms with van der Waals surface area (Å²) in [6.07, 6.45) is 11.0. The number of aryl methyl sites for hydroxylation is 2. The van der Waals surface area contributed by atoms with Gasteiger partial charge in [0, 0.05) is 19.6 Å². The maximum atomic E-state index is 4.62. The molecule has 5 nitrogen and oxygen atoms in total. The summed E-state index contributed by atoms with van der Waals surface area (Å²) in [5.41, 5.74) is 2.35. The van der Waals surface area contributed by atoms with Crippen molar-refractivity contribution in [3.05, 3.63) is 48.4 Å². The monoisotopic (exact) mass is 335 g/mol. The minimum atomic E-state index is 0.566. The lowest BCUT2D eigenvalue weighted by Crippen LogP contribution is -2.40. The van der Waals surface area contributed by atoms with Gasteiger partial charge in [-0.1, -0.05) is 30.3 Å². The zero-order chi connectivity index (χ0) is 17.1. The van der Waals surface area contributed by atoms with Gasteiger partial charge in [0.25, 0.3) is 0 Å². The SMILES string of the molecule is Cn1ncc2c(N3CCCCC3CCCc3ccccc3)ncnc21. The first-order valence-electron chi connectivity index (χ1n) is 9.26. The van der Waals surface area contributed by atoms with Gasteiger partial charge in [-0.3, -0.25) is 4.68 Å². The molecule has 0 radical (unpaired) electrons. The maximum absolute atomic E-state index is 4.62. The molecule has 1 fully saturated rings. The van der Waals surface area contributed by atoms with Gasteiger partial charge in [-0.25, -0.2) is 9.97 Å². The number of nitrogens with zero attached hydrogens (tertiary/aromatic N) is 5. The van der Waals surface area contributed by atoms with Gasteiger partial charge in [-0.05, 0) is 44.1 Å². The molecule has 1 saturated heterocycles. The highest BCUT2D eigenvalue weighted by Gasteiger charge is 2.25. The van der Waals surface area contributed by atoms with Crippen LogP contribution in [0.5, 0.6) is 0 Å². The van der Waals surface area contributed by atoms with E-state index in [1.54, 1.807) is 6.33 Å².